The number of rotatable bonds is 1. The van der Waals surface area contributed by atoms with Crippen LogP contribution in [0.5, 0.6) is 0 Å². The van der Waals surface area contributed by atoms with E-state index < -0.39 is 5.97 Å². The van der Waals surface area contributed by atoms with Crippen molar-refractivity contribution in [2.45, 2.75) is 6.42 Å². The van der Waals surface area contributed by atoms with Gasteiger partial charge in [0.15, 0.2) is 0 Å². The molecule has 0 fully saturated rings. The molecule has 13 heavy (non-hydrogen) atoms. The molecular weight excluding hydrogens is 170 g/mol. The number of nitrogens with zero attached hydrogens (tertiary/aromatic N) is 1. The van der Waals surface area contributed by atoms with Crippen molar-refractivity contribution >= 4 is 12.2 Å². The van der Waals surface area contributed by atoms with Crippen molar-refractivity contribution in [1.82, 2.24) is 0 Å². The first kappa shape index (κ1) is 7.79. The van der Waals surface area contributed by atoms with Crippen molar-refractivity contribution in [3.63, 3.8) is 0 Å². The fraction of sp³-hybridized carbons (Fsp3) is 0.111. The number of hydrogen-bond acceptors (Lipinski definition) is 3. The number of allylic oxidation sites excluding steroid dienone is 1. The Morgan fingerprint density at radius 1 is 1.62 bits per heavy atom. The maximum absolute atomic E-state index is 10.6. The minimum Gasteiger partial charge on any atom is -0.478 e. The van der Waals surface area contributed by atoms with E-state index in [1.807, 2.05) is 0 Å². The molecule has 0 radical (unpaired) electrons. The Bertz CT molecular complexity index is 374. The van der Waals surface area contributed by atoms with Gasteiger partial charge < -0.3 is 9.84 Å². The number of fused-ring (bicyclic) bond motifs is 1. The van der Waals surface area contributed by atoms with Gasteiger partial charge in [-0.15, -0.1) is 0 Å². The number of aliphatic imine (C=N–C) groups is 1. The number of ether oxygens (including phenoxy) is 1. The van der Waals surface area contributed by atoms with E-state index in [0.717, 1.165) is 5.57 Å². The molecule has 0 aromatic rings. The lowest BCUT2D eigenvalue weighted by Crippen LogP contribution is -2.08. The third-order valence-electron chi connectivity index (χ3n) is 1.81. The Morgan fingerprint density at radius 3 is 3.23 bits per heavy atom. The molecule has 66 valence electrons. The molecule has 0 amide bonds. The van der Waals surface area contributed by atoms with Gasteiger partial charge in [0.25, 0.3) is 0 Å². The normalized spacial score (nSPS) is 19.2. The van der Waals surface area contributed by atoms with Gasteiger partial charge >= 0.3 is 5.97 Å². The molecule has 4 heteroatoms. The largest absolute Gasteiger partial charge is 0.478 e. The molecule has 1 N–H and O–H groups in total. The lowest BCUT2D eigenvalue weighted by Gasteiger charge is -2.15. The van der Waals surface area contributed by atoms with Crippen molar-refractivity contribution < 1.29 is 14.6 Å². The van der Waals surface area contributed by atoms with Gasteiger partial charge in [-0.05, 0) is 6.08 Å². The van der Waals surface area contributed by atoms with Crippen LogP contribution in [-0.4, -0.2) is 17.3 Å². The monoisotopic (exact) mass is 177 g/mol. The van der Waals surface area contributed by atoms with Gasteiger partial charge in [0.05, 0.1) is 11.8 Å². The van der Waals surface area contributed by atoms with Gasteiger partial charge in [-0.25, -0.2) is 4.79 Å². The molecule has 0 aromatic heterocycles. The highest BCUT2D eigenvalue weighted by molar-refractivity contribution is 5.90. The smallest absolute Gasteiger partial charge is 0.338 e. The number of carboxylic acids is 1. The van der Waals surface area contributed by atoms with Crippen molar-refractivity contribution in [2.75, 3.05) is 0 Å². The summed E-state index contributed by atoms with van der Waals surface area (Å²) in [5.74, 6) is -0.346. The molecule has 0 bridgehead atoms. The Balaban J connectivity index is 2.32. The predicted octanol–water partition coefficient (Wildman–Crippen LogP) is 1.23. The lowest BCUT2D eigenvalue weighted by molar-refractivity contribution is -0.132. The van der Waals surface area contributed by atoms with Gasteiger partial charge in [-0.2, -0.15) is 0 Å². The highest BCUT2D eigenvalue weighted by Gasteiger charge is 2.17. The SMILES string of the molecule is O=C(O)C1=COC2=CN=CCC2=C1. The minimum atomic E-state index is -0.978. The van der Waals surface area contributed by atoms with Crippen molar-refractivity contribution in [1.29, 1.82) is 0 Å². The molecule has 2 aliphatic rings. The standard InChI is InChI=1S/C9H7NO3/c11-9(12)7-3-6-1-2-10-4-8(6)13-5-7/h2-5H,1H2,(H,11,12). The van der Waals surface area contributed by atoms with Crippen LogP contribution in [0.4, 0.5) is 0 Å². The summed E-state index contributed by atoms with van der Waals surface area (Å²) in [4.78, 5) is 14.5. The summed E-state index contributed by atoms with van der Waals surface area (Å²) in [5, 5.41) is 8.68. The third kappa shape index (κ3) is 1.38. The Hall–Kier alpha value is -1.84. The molecule has 0 spiro atoms. The molecule has 0 saturated carbocycles. The Kier molecular flexibility index (Phi) is 1.73. The van der Waals surface area contributed by atoms with Crippen LogP contribution in [0.1, 0.15) is 6.42 Å². The van der Waals surface area contributed by atoms with Crippen molar-refractivity contribution in [2.24, 2.45) is 4.99 Å². The van der Waals surface area contributed by atoms with Gasteiger partial charge in [-0.3, -0.25) is 4.99 Å². The summed E-state index contributed by atoms with van der Waals surface area (Å²) in [6, 6.07) is 0. The van der Waals surface area contributed by atoms with Crippen molar-refractivity contribution in [3.05, 3.63) is 35.4 Å². The molecule has 2 aliphatic heterocycles. The van der Waals surface area contributed by atoms with Gasteiger partial charge in [-0.1, -0.05) is 0 Å². The summed E-state index contributed by atoms with van der Waals surface area (Å²) in [6.07, 6.45) is 6.73. The zero-order valence-corrected chi connectivity index (χ0v) is 6.73. The molecule has 0 aromatic carbocycles. The van der Waals surface area contributed by atoms with E-state index in [9.17, 15) is 4.79 Å². The van der Waals surface area contributed by atoms with E-state index in [2.05, 4.69) is 4.99 Å². The topological polar surface area (TPSA) is 58.9 Å². The maximum atomic E-state index is 10.6. The molecule has 4 nitrogen and oxygen atoms in total. The van der Waals surface area contributed by atoms with E-state index in [4.69, 9.17) is 9.84 Å². The summed E-state index contributed by atoms with van der Waals surface area (Å²) >= 11 is 0. The molecular formula is C9H7NO3. The third-order valence-corrected chi connectivity index (χ3v) is 1.81. The van der Waals surface area contributed by atoms with Crippen LogP contribution in [0.25, 0.3) is 0 Å². The molecule has 0 aliphatic carbocycles. The first-order valence-electron chi connectivity index (χ1n) is 3.80. The van der Waals surface area contributed by atoms with Crippen molar-refractivity contribution in [3.8, 4) is 0 Å². The summed E-state index contributed by atoms with van der Waals surface area (Å²) in [6.45, 7) is 0. The second-order valence-electron chi connectivity index (χ2n) is 2.69. The average Bonchev–Trinajstić information content (AvgIpc) is 2.17. The molecule has 2 heterocycles. The Morgan fingerprint density at radius 2 is 2.46 bits per heavy atom. The van der Waals surface area contributed by atoms with Gasteiger partial charge in [0.2, 0.25) is 0 Å². The van der Waals surface area contributed by atoms with E-state index in [1.165, 1.54) is 6.26 Å². The number of hydrogen-bond donors (Lipinski definition) is 1. The van der Waals surface area contributed by atoms with Crippen LogP contribution in [0.2, 0.25) is 0 Å². The minimum absolute atomic E-state index is 0.169. The van der Waals surface area contributed by atoms with Crippen LogP contribution in [-0.2, 0) is 9.53 Å². The zero-order chi connectivity index (χ0) is 9.26. The molecule has 2 rings (SSSR count). The second-order valence-corrected chi connectivity index (χ2v) is 2.69. The van der Waals surface area contributed by atoms with Crippen LogP contribution in [0.3, 0.4) is 0 Å². The van der Waals surface area contributed by atoms with Crippen LogP contribution < -0.4 is 0 Å². The molecule has 0 saturated heterocycles. The quantitative estimate of drug-likeness (QED) is 0.655. The highest BCUT2D eigenvalue weighted by atomic mass is 16.5. The predicted molar refractivity (Wildman–Crippen MR) is 46.1 cm³/mol. The fourth-order valence-electron chi connectivity index (χ4n) is 1.15. The van der Waals surface area contributed by atoms with Gasteiger partial charge in [0, 0.05) is 18.2 Å². The molecule has 0 unspecified atom stereocenters. The highest BCUT2D eigenvalue weighted by Crippen LogP contribution is 2.25. The Labute approximate surface area is 74.5 Å². The van der Waals surface area contributed by atoms with E-state index >= 15 is 0 Å². The maximum Gasteiger partial charge on any atom is 0.338 e. The van der Waals surface area contributed by atoms with Crippen LogP contribution in [0.15, 0.2) is 40.4 Å². The summed E-state index contributed by atoms with van der Waals surface area (Å²) in [7, 11) is 0. The van der Waals surface area contributed by atoms with Crippen LogP contribution >= 0.6 is 0 Å². The number of carboxylic acid groups (broad SMARTS) is 1. The molecule has 0 atom stereocenters. The lowest BCUT2D eigenvalue weighted by atomic mass is 10.1. The average molecular weight is 177 g/mol. The van der Waals surface area contributed by atoms with E-state index in [1.54, 1.807) is 18.5 Å². The fourth-order valence-corrected chi connectivity index (χ4v) is 1.15. The second kappa shape index (κ2) is 2.90. The first-order chi connectivity index (χ1) is 6.27. The summed E-state index contributed by atoms with van der Waals surface area (Å²) in [5.41, 5.74) is 1.03. The van der Waals surface area contributed by atoms with E-state index in [0.29, 0.717) is 12.2 Å². The van der Waals surface area contributed by atoms with Crippen LogP contribution in [0, 0.1) is 0 Å². The summed E-state index contributed by atoms with van der Waals surface area (Å²) < 4.78 is 5.09. The zero-order valence-electron chi connectivity index (χ0n) is 6.73. The van der Waals surface area contributed by atoms with E-state index in [-0.39, 0.29) is 5.57 Å². The number of carbonyl (C=O) groups is 1. The van der Waals surface area contributed by atoms with Gasteiger partial charge in [0.1, 0.15) is 12.0 Å². The first-order valence-corrected chi connectivity index (χ1v) is 3.80. The number of aliphatic carboxylic acids is 1.